The highest BCUT2D eigenvalue weighted by Gasteiger charge is 2.22. The van der Waals surface area contributed by atoms with Gasteiger partial charge in [0, 0.05) is 24.8 Å². The van der Waals surface area contributed by atoms with Crippen molar-refractivity contribution in [3.63, 3.8) is 0 Å². The number of piperidine rings is 1. The first-order valence-corrected chi connectivity index (χ1v) is 8.30. The summed E-state index contributed by atoms with van der Waals surface area (Å²) in [6.45, 7) is 4.97. The van der Waals surface area contributed by atoms with Gasteiger partial charge < -0.3 is 10.2 Å². The van der Waals surface area contributed by atoms with Gasteiger partial charge in [0.25, 0.3) is 5.91 Å². The summed E-state index contributed by atoms with van der Waals surface area (Å²) in [6.07, 6.45) is 3.22. The third kappa shape index (κ3) is 4.42. The van der Waals surface area contributed by atoms with Gasteiger partial charge in [-0.1, -0.05) is 30.3 Å². The van der Waals surface area contributed by atoms with Gasteiger partial charge >= 0.3 is 0 Å². The average Bonchev–Trinajstić information content (AvgIpc) is 3.01. The van der Waals surface area contributed by atoms with Crippen LogP contribution < -0.4 is 5.32 Å². The van der Waals surface area contributed by atoms with Crippen LogP contribution in [0, 0.1) is 6.92 Å². The lowest BCUT2D eigenvalue weighted by Crippen LogP contribution is -2.48. The molecule has 2 aromatic rings. The summed E-state index contributed by atoms with van der Waals surface area (Å²) < 4.78 is 0. The normalized spacial score (nSPS) is 18.7. The summed E-state index contributed by atoms with van der Waals surface area (Å²) in [5.41, 5.74) is 2.75. The molecule has 23 heavy (non-hydrogen) atoms. The number of H-pyrrole nitrogens is 1. The monoisotopic (exact) mass is 312 g/mol. The van der Waals surface area contributed by atoms with Crippen molar-refractivity contribution in [3.05, 3.63) is 53.3 Å². The molecule has 0 spiro atoms. The van der Waals surface area contributed by atoms with E-state index in [2.05, 4.69) is 44.7 Å². The molecule has 5 nitrogen and oxygen atoms in total. The molecule has 1 aromatic heterocycles. The lowest BCUT2D eigenvalue weighted by atomic mass is 10.0. The standard InChI is InChI=1S/C18H24N4O/c1-14-12-17(21-20-14)18(23)19-16-8-5-10-22(13-16)11-9-15-6-3-2-4-7-15/h2-4,6-7,12,16H,5,8-11,13H2,1H3,(H,19,23)(H,20,21). The van der Waals surface area contributed by atoms with E-state index in [-0.39, 0.29) is 11.9 Å². The van der Waals surface area contributed by atoms with Crippen molar-refractivity contribution in [1.29, 1.82) is 0 Å². The Balaban J connectivity index is 1.49. The van der Waals surface area contributed by atoms with Gasteiger partial charge in [-0.3, -0.25) is 9.89 Å². The van der Waals surface area contributed by atoms with Gasteiger partial charge in [0.05, 0.1) is 0 Å². The number of amides is 1. The minimum atomic E-state index is -0.0794. The maximum Gasteiger partial charge on any atom is 0.272 e. The molecule has 1 atom stereocenters. The fourth-order valence-electron chi connectivity index (χ4n) is 3.10. The summed E-state index contributed by atoms with van der Waals surface area (Å²) in [4.78, 5) is 14.6. The van der Waals surface area contributed by atoms with Gasteiger partial charge in [-0.2, -0.15) is 5.10 Å². The second-order valence-electron chi connectivity index (χ2n) is 6.29. The van der Waals surface area contributed by atoms with Crippen molar-refractivity contribution < 1.29 is 4.79 Å². The summed E-state index contributed by atoms with van der Waals surface area (Å²) in [6, 6.07) is 12.6. The van der Waals surface area contributed by atoms with Crippen LogP contribution in [0.15, 0.2) is 36.4 Å². The zero-order valence-corrected chi connectivity index (χ0v) is 13.6. The van der Waals surface area contributed by atoms with Crippen molar-refractivity contribution >= 4 is 5.91 Å². The molecule has 1 saturated heterocycles. The van der Waals surface area contributed by atoms with E-state index in [9.17, 15) is 4.79 Å². The Morgan fingerprint density at radius 3 is 2.96 bits per heavy atom. The van der Waals surface area contributed by atoms with Crippen molar-refractivity contribution in [2.45, 2.75) is 32.2 Å². The molecule has 3 rings (SSSR count). The minimum absolute atomic E-state index is 0.0794. The quantitative estimate of drug-likeness (QED) is 0.889. The number of hydrogen-bond acceptors (Lipinski definition) is 3. The van der Waals surface area contributed by atoms with Gasteiger partial charge in [0.1, 0.15) is 5.69 Å². The highest BCUT2D eigenvalue weighted by atomic mass is 16.2. The number of likely N-dealkylation sites (tertiary alicyclic amines) is 1. The van der Waals surface area contributed by atoms with E-state index in [1.54, 1.807) is 6.07 Å². The zero-order chi connectivity index (χ0) is 16.1. The first kappa shape index (κ1) is 15.7. The van der Waals surface area contributed by atoms with Crippen LogP contribution in [0.3, 0.4) is 0 Å². The topological polar surface area (TPSA) is 61.0 Å². The predicted molar refractivity (Wildman–Crippen MR) is 90.4 cm³/mol. The summed E-state index contributed by atoms with van der Waals surface area (Å²) in [5, 5.41) is 9.95. The molecule has 0 saturated carbocycles. The number of aromatic nitrogens is 2. The van der Waals surface area contributed by atoms with Crippen LogP contribution in [0.5, 0.6) is 0 Å². The van der Waals surface area contributed by atoms with Gasteiger partial charge in [0.2, 0.25) is 0 Å². The Morgan fingerprint density at radius 2 is 2.22 bits per heavy atom. The molecule has 1 amide bonds. The number of benzene rings is 1. The van der Waals surface area contributed by atoms with E-state index < -0.39 is 0 Å². The van der Waals surface area contributed by atoms with Crippen LogP contribution in [-0.2, 0) is 6.42 Å². The lowest BCUT2D eigenvalue weighted by Gasteiger charge is -2.33. The van der Waals surface area contributed by atoms with E-state index in [0.717, 1.165) is 44.6 Å². The Morgan fingerprint density at radius 1 is 1.39 bits per heavy atom. The number of nitrogens with zero attached hydrogens (tertiary/aromatic N) is 2. The molecule has 2 heterocycles. The molecule has 0 radical (unpaired) electrons. The molecule has 5 heteroatoms. The first-order valence-electron chi connectivity index (χ1n) is 8.30. The van der Waals surface area contributed by atoms with Crippen LogP contribution in [0.2, 0.25) is 0 Å². The fraction of sp³-hybridized carbons (Fsp3) is 0.444. The summed E-state index contributed by atoms with van der Waals surface area (Å²) in [5.74, 6) is -0.0794. The summed E-state index contributed by atoms with van der Waals surface area (Å²) in [7, 11) is 0. The van der Waals surface area contributed by atoms with Crippen LogP contribution in [0.4, 0.5) is 0 Å². The number of carbonyl (C=O) groups excluding carboxylic acids is 1. The molecular formula is C18H24N4O. The van der Waals surface area contributed by atoms with E-state index in [1.165, 1.54) is 5.56 Å². The molecule has 122 valence electrons. The fourth-order valence-corrected chi connectivity index (χ4v) is 3.10. The molecule has 1 aliphatic rings. The van der Waals surface area contributed by atoms with Crippen LogP contribution in [0.25, 0.3) is 0 Å². The Kier molecular flexibility index (Phi) is 5.08. The van der Waals surface area contributed by atoms with Gasteiger partial charge in [-0.25, -0.2) is 0 Å². The molecule has 0 bridgehead atoms. The Hall–Kier alpha value is -2.14. The number of carbonyl (C=O) groups is 1. The van der Waals surface area contributed by atoms with Crippen LogP contribution >= 0.6 is 0 Å². The highest BCUT2D eigenvalue weighted by molar-refractivity contribution is 5.92. The smallest absolute Gasteiger partial charge is 0.272 e. The number of rotatable bonds is 5. The molecule has 2 N–H and O–H groups in total. The molecule has 1 aliphatic heterocycles. The van der Waals surface area contributed by atoms with Crippen LogP contribution in [0.1, 0.15) is 34.6 Å². The van der Waals surface area contributed by atoms with E-state index in [4.69, 9.17) is 0 Å². The second kappa shape index (κ2) is 7.42. The maximum absolute atomic E-state index is 12.2. The third-order valence-corrected chi connectivity index (χ3v) is 4.34. The number of aromatic amines is 1. The molecular weight excluding hydrogens is 288 g/mol. The van der Waals surface area contributed by atoms with Gasteiger partial charge in [0.15, 0.2) is 0 Å². The van der Waals surface area contributed by atoms with E-state index in [0.29, 0.717) is 5.69 Å². The SMILES string of the molecule is Cc1cc(C(=O)NC2CCCN(CCc3ccccc3)C2)n[nH]1. The first-order chi connectivity index (χ1) is 11.2. The van der Waals surface area contributed by atoms with Crippen molar-refractivity contribution in [1.82, 2.24) is 20.4 Å². The molecule has 1 unspecified atom stereocenters. The van der Waals surface area contributed by atoms with E-state index in [1.807, 2.05) is 13.0 Å². The molecule has 1 aromatic carbocycles. The molecule has 1 fully saturated rings. The summed E-state index contributed by atoms with van der Waals surface area (Å²) >= 11 is 0. The van der Waals surface area contributed by atoms with Crippen molar-refractivity contribution in [2.24, 2.45) is 0 Å². The zero-order valence-electron chi connectivity index (χ0n) is 13.6. The lowest BCUT2D eigenvalue weighted by molar-refractivity contribution is 0.0899. The van der Waals surface area contributed by atoms with Crippen LogP contribution in [-0.4, -0.2) is 46.7 Å². The number of aryl methyl sites for hydroxylation is 1. The third-order valence-electron chi connectivity index (χ3n) is 4.34. The number of hydrogen-bond donors (Lipinski definition) is 2. The van der Waals surface area contributed by atoms with Crippen molar-refractivity contribution in [3.8, 4) is 0 Å². The molecule has 0 aliphatic carbocycles. The minimum Gasteiger partial charge on any atom is -0.347 e. The highest BCUT2D eigenvalue weighted by Crippen LogP contribution is 2.12. The second-order valence-corrected chi connectivity index (χ2v) is 6.29. The van der Waals surface area contributed by atoms with Crippen molar-refractivity contribution in [2.75, 3.05) is 19.6 Å². The number of nitrogens with one attached hydrogen (secondary N) is 2. The predicted octanol–water partition coefficient (Wildman–Crippen LogP) is 2.16. The largest absolute Gasteiger partial charge is 0.347 e. The Bertz CT molecular complexity index is 637. The van der Waals surface area contributed by atoms with Gasteiger partial charge in [-0.15, -0.1) is 0 Å². The van der Waals surface area contributed by atoms with Gasteiger partial charge in [-0.05, 0) is 44.4 Å². The maximum atomic E-state index is 12.2. The Labute approximate surface area is 137 Å². The average molecular weight is 312 g/mol. The van der Waals surface area contributed by atoms with E-state index >= 15 is 0 Å².